The van der Waals surface area contributed by atoms with E-state index in [0.29, 0.717) is 0 Å². The van der Waals surface area contributed by atoms with E-state index < -0.39 is 0 Å². The van der Waals surface area contributed by atoms with Crippen LogP contribution < -0.4 is 10.2 Å². The summed E-state index contributed by atoms with van der Waals surface area (Å²) >= 11 is 0. The molecule has 0 unspecified atom stereocenters. The van der Waals surface area contributed by atoms with Crippen LogP contribution in [0.15, 0.2) is 61.1 Å². The summed E-state index contributed by atoms with van der Waals surface area (Å²) in [5.74, 6) is 1.10. The van der Waals surface area contributed by atoms with Crippen molar-refractivity contribution in [1.29, 1.82) is 0 Å². The van der Waals surface area contributed by atoms with Gasteiger partial charge in [-0.2, -0.15) is 5.10 Å². The molecule has 2 aromatic heterocycles. The number of para-hydroxylation sites is 1. The highest BCUT2D eigenvalue weighted by molar-refractivity contribution is 5.40. The average molecular weight is 333 g/mol. The summed E-state index contributed by atoms with van der Waals surface area (Å²) in [6, 6.07) is 14.5. The molecule has 5 nitrogen and oxygen atoms in total. The Morgan fingerprint density at radius 3 is 2.44 bits per heavy atom. The first-order valence-corrected chi connectivity index (χ1v) is 8.88. The van der Waals surface area contributed by atoms with E-state index >= 15 is 0 Å². The average Bonchev–Trinajstić information content (AvgIpc) is 3.35. The molecular formula is C20H23N5. The first-order chi connectivity index (χ1) is 12.4. The van der Waals surface area contributed by atoms with E-state index in [1.807, 2.05) is 35.3 Å². The van der Waals surface area contributed by atoms with Crippen molar-refractivity contribution in [2.45, 2.75) is 25.9 Å². The number of aromatic nitrogens is 3. The Balaban J connectivity index is 1.30. The Morgan fingerprint density at radius 1 is 0.880 bits per heavy atom. The predicted octanol–water partition coefficient (Wildman–Crippen LogP) is 3.16. The zero-order chi connectivity index (χ0) is 16.9. The lowest BCUT2D eigenvalue weighted by Gasteiger charge is -2.16. The lowest BCUT2D eigenvalue weighted by molar-refractivity contribution is 0.691. The molecule has 0 saturated carbocycles. The van der Waals surface area contributed by atoms with Crippen molar-refractivity contribution in [3.63, 3.8) is 0 Å². The van der Waals surface area contributed by atoms with Crippen LogP contribution in [0.2, 0.25) is 0 Å². The highest BCUT2D eigenvalue weighted by Crippen LogP contribution is 2.17. The predicted molar refractivity (Wildman–Crippen MR) is 99.8 cm³/mol. The molecule has 0 amide bonds. The van der Waals surface area contributed by atoms with Gasteiger partial charge in [-0.15, -0.1) is 0 Å². The molecule has 0 bridgehead atoms. The molecule has 1 aliphatic heterocycles. The van der Waals surface area contributed by atoms with E-state index in [1.165, 1.54) is 24.0 Å². The molecule has 1 aliphatic rings. The standard InChI is InChI=1S/C20H23N5/c1-2-6-19(7-3-1)25-16-18(15-23-25)13-21-12-17-8-9-20(22-14-17)24-10-4-5-11-24/h1-3,6-9,14-16,21H,4-5,10-13H2. The monoisotopic (exact) mass is 333 g/mol. The van der Waals surface area contributed by atoms with Gasteiger partial charge in [-0.25, -0.2) is 9.67 Å². The molecule has 3 heterocycles. The molecule has 128 valence electrons. The number of nitrogens with zero attached hydrogens (tertiary/aromatic N) is 4. The van der Waals surface area contributed by atoms with Gasteiger partial charge in [-0.1, -0.05) is 24.3 Å². The van der Waals surface area contributed by atoms with Crippen LogP contribution in [0, 0.1) is 0 Å². The summed E-state index contributed by atoms with van der Waals surface area (Å²) in [5.41, 5.74) is 3.46. The van der Waals surface area contributed by atoms with Crippen molar-refractivity contribution in [2.75, 3.05) is 18.0 Å². The summed E-state index contributed by atoms with van der Waals surface area (Å²) in [6.45, 7) is 3.87. The van der Waals surface area contributed by atoms with Gasteiger partial charge in [0.1, 0.15) is 5.82 Å². The van der Waals surface area contributed by atoms with Gasteiger partial charge in [0.05, 0.1) is 11.9 Å². The molecule has 0 aliphatic carbocycles. The second-order valence-corrected chi connectivity index (χ2v) is 6.45. The van der Waals surface area contributed by atoms with Gasteiger partial charge >= 0.3 is 0 Å². The number of pyridine rings is 1. The summed E-state index contributed by atoms with van der Waals surface area (Å²) in [6.07, 6.45) is 8.52. The van der Waals surface area contributed by atoms with Crippen LogP contribution in [0.3, 0.4) is 0 Å². The fourth-order valence-electron chi connectivity index (χ4n) is 3.18. The van der Waals surface area contributed by atoms with Gasteiger partial charge in [0.15, 0.2) is 0 Å². The third kappa shape index (κ3) is 3.88. The summed E-state index contributed by atoms with van der Waals surface area (Å²) in [5, 5.41) is 7.89. The molecular weight excluding hydrogens is 310 g/mol. The van der Waals surface area contributed by atoms with Crippen LogP contribution in [-0.2, 0) is 13.1 Å². The van der Waals surface area contributed by atoms with Gasteiger partial charge in [0.2, 0.25) is 0 Å². The van der Waals surface area contributed by atoms with Crippen LogP contribution >= 0.6 is 0 Å². The Kier molecular flexibility index (Phi) is 4.74. The SMILES string of the molecule is c1ccc(-n2cc(CNCc3ccc(N4CCCC4)nc3)cn2)cc1. The molecule has 3 aromatic rings. The van der Waals surface area contributed by atoms with Crippen LogP contribution in [-0.4, -0.2) is 27.9 Å². The maximum absolute atomic E-state index is 4.60. The lowest BCUT2D eigenvalue weighted by atomic mass is 10.2. The van der Waals surface area contributed by atoms with Gasteiger partial charge in [0, 0.05) is 44.1 Å². The Labute approximate surface area is 148 Å². The quantitative estimate of drug-likeness (QED) is 0.753. The van der Waals surface area contributed by atoms with Gasteiger partial charge in [-0.05, 0) is 36.6 Å². The second-order valence-electron chi connectivity index (χ2n) is 6.45. The van der Waals surface area contributed by atoms with Gasteiger partial charge < -0.3 is 10.2 Å². The number of nitrogens with one attached hydrogen (secondary N) is 1. The van der Waals surface area contributed by atoms with E-state index in [1.54, 1.807) is 0 Å². The van der Waals surface area contributed by atoms with E-state index in [9.17, 15) is 0 Å². The molecule has 0 atom stereocenters. The van der Waals surface area contributed by atoms with E-state index in [4.69, 9.17) is 0 Å². The summed E-state index contributed by atoms with van der Waals surface area (Å²) in [7, 11) is 0. The van der Waals surface area contributed by atoms with Crippen molar-refractivity contribution in [1.82, 2.24) is 20.1 Å². The van der Waals surface area contributed by atoms with Crippen LogP contribution in [0.25, 0.3) is 5.69 Å². The van der Waals surface area contributed by atoms with E-state index in [0.717, 1.165) is 37.7 Å². The fraction of sp³-hybridized carbons (Fsp3) is 0.300. The Bertz CT molecular complexity index is 788. The highest BCUT2D eigenvalue weighted by Gasteiger charge is 2.12. The van der Waals surface area contributed by atoms with E-state index in [2.05, 4.69) is 50.8 Å². The molecule has 1 aromatic carbocycles. The Hall–Kier alpha value is -2.66. The number of anilines is 1. The number of rotatable bonds is 6. The molecule has 0 spiro atoms. The van der Waals surface area contributed by atoms with Gasteiger partial charge in [-0.3, -0.25) is 0 Å². The maximum atomic E-state index is 4.60. The second kappa shape index (κ2) is 7.49. The minimum absolute atomic E-state index is 0.792. The number of hydrogen-bond acceptors (Lipinski definition) is 4. The summed E-state index contributed by atoms with van der Waals surface area (Å²) < 4.78 is 1.91. The highest BCUT2D eigenvalue weighted by atomic mass is 15.3. The minimum Gasteiger partial charge on any atom is -0.357 e. The summed E-state index contributed by atoms with van der Waals surface area (Å²) in [4.78, 5) is 6.96. The molecule has 1 N–H and O–H groups in total. The van der Waals surface area contributed by atoms with Crippen LogP contribution in [0.5, 0.6) is 0 Å². The molecule has 1 fully saturated rings. The van der Waals surface area contributed by atoms with Gasteiger partial charge in [0.25, 0.3) is 0 Å². The fourth-order valence-corrected chi connectivity index (χ4v) is 3.18. The van der Waals surface area contributed by atoms with Crippen molar-refractivity contribution in [3.05, 3.63) is 72.2 Å². The normalized spacial score (nSPS) is 14.2. The smallest absolute Gasteiger partial charge is 0.128 e. The first kappa shape index (κ1) is 15.8. The van der Waals surface area contributed by atoms with Crippen molar-refractivity contribution in [3.8, 4) is 5.69 Å². The largest absolute Gasteiger partial charge is 0.357 e. The minimum atomic E-state index is 0.792. The van der Waals surface area contributed by atoms with E-state index in [-0.39, 0.29) is 0 Å². The molecule has 1 saturated heterocycles. The maximum Gasteiger partial charge on any atom is 0.128 e. The molecule has 25 heavy (non-hydrogen) atoms. The van der Waals surface area contributed by atoms with Crippen molar-refractivity contribution >= 4 is 5.82 Å². The van der Waals surface area contributed by atoms with Crippen LogP contribution in [0.4, 0.5) is 5.82 Å². The molecule has 5 heteroatoms. The zero-order valence-corrected chi connectivity index (χ0v) is 14.3. The topological polar surface area (TPSA) is 46.0 Å². The molecule has 0 radical (unpaired) electrons. The zero-order valence-electron chi connectivity index (χ0n) is 14.3. The third-order valence-electron chi connectivity index (χ3n) is 4.55. The van der Waals surface area contributed by atoms with Crippen molar-refractivity contribution < 1.29 is 0 Å². The third-order valence-corrected chi connectivity index (χ3v) is 4.55. The molecule has 4 rings (SSSR count). The van der Waals surface area contributed by atoms with Crippen LogP contribution in [0.1, 0.15) is 24.0 Å². The Morgan fingerprint density at radius 2 is 1.68 bits per heavy atom. The van der Waals surface area contributed by atoms with Crippen molar-refractivity contribution in [2.24, 2.45) is 0 Å². The number of benzene rings is 1. The lowest BCUT2D eigenvalue weighted by Crippen LogP contribution is -2.19. The number of hydrogen-bond donors (Lipinski definition) is 1. The first-order valence-electron chi connectivity index (χ1n) is 8.88.